The van der Waals surface area contributed by atoms with Crippen LogP contribution >= 0.6 is 0 Å². The molecule has 4 heteroatoms. The molecule has 0 fully saturated rings. The zero-order chi connectivity index (χ0) is 16.5. The maximum Gasteiger partial charge on any atom is 0.164 e. The van der Waals surface area contributed by atoms with Crippen LogP contribution in [0, 0.1) is 11.7 Å². The second-order valence-electron chi connectivity index (χ2n) is 5.86. The third-order valence-electron chi connectivity index (χ3n) is 3.95. The first-order valence-electron chi connectivity index (χ1n) is 8.34. The Morgan fingerprint density at radius 3 is 2.09 bits per heavy atom. The summed E-state index contributed by atoms with van der Waals surface area (Å²) in [5.41, 5.74) is 6.30. The summed E-state index contributed by atoms with van der Waals surface area (Å²) in [6.07, 6.45) is 2.65. The molecule has 22 heavy (non-hydrogen) atoms. The molecule has 126 valence electrons. The van der Waals surface area contributed by atoms with Crippen molar-refractivity contribution in [1.82, 2.24) is 0 Å². The van der Waals surface area contributed by atoms with E-state index in [9.17, 15) is 4.39 Å². The van der Waals surface area contributed by atoms with E-state index in [1.165, 1.54) is 6.07 Å². The normalized spacial score (nSPS) is 13.7. The van der Waals surface area contributed by atoms with Crippen LogP contribution in [0.5, 0.6) is 11.5 Å². The van der Waals surface area contributed by atoms with E-state index in [0.29, 0.717) is 42.7 Å². The van der Waals surface area contributed by atoms with Gasteiger partial charge in [0.05, 0.1) is 13.2 Å². The molecule has 0 aromatic heterocycles. The van der Waals surface area contributed by atoms with E-state index in [1.807, 2.05) is 20.8 Å². The molecule has 2 N–H and O–H groups in total. The van der Waals surface area contributed by atoms with Gasteiger partial charge in [-0.2, -0.15) is 0 Å². The van der Waals surface area contributed by atoms with E-state index >= 15 is 0 Å². The number of halogens is 1. The van der Waals surface area contributed by atoms with E-state index in [-0.39, 0.29) is 11.7 Å². The summed E-state index contributed by atoms with van der Waals surface area (Å²) < 4.78 is 25.8. The van der Waals surface area contributed by atoms with Crippen LogP contribution < -0.4 is 15.2 Å². The molecular formula is C18H30FNO2. The average Bonchev–Trinajstić information content (AvgIpc) is 2.51. The van der Waals surface area contributed by atoms with Gasteiger partial charge in [0.1, 0.15) is 5.82 Å². The predicted octanol–water partition coefficient (Wildman–Crippen LogP) is 4.49. The second kappa shape index (κ2) is 9.67. The second-order valence-corrected chi connectivity index (χ2v) is 5.86. The molecule has 0 saturated carbocycles. The Morgan fingerprint density at radius 1 is 1.05 bits per heavy atom. The van der Waals surface area contributed by atoms with Crippen LogP contribution in [-0.2, 0) is 0 Å². The quantitative estimate of drug-likeness (QED) is 0.692. The minimum Gasteiger partial charge on any atom is -0.490 e. The monoisotopic (exact) mass is 311 g/mol. The third kappa shape index (κ3) is 5.16. The number of rotatable bonds is 10. The van der Waals surface area contributed by atoms with Crippen molar-refractivity contribution in [3.8, 4) is 11.5 Å². The van der Waals surface area contributed by atoms with Gasteiger partial charge in [-0.25, -0.2) is 4.39 Å². The van der Waals surface area contributed by atoms with Crippen LogP contribution in [-0.4, -0.2) is 19.8 Å². The molecule has 3 nitrogen and oxygen atoms in total. The lowest BCUT2D eigenvalue weighted by Gasteiger charge is -2.22. The lowest BCUT2D eigenvalue weighted by molar-refractivity contribution is 0.266. The number of ether oxygens (including phenoxy) is 2. The molecule has 0 spiro atoms. The van der Waals surface area contributed by atoms with Crippen LogP contribution in [0.15, 0.2) is 12.1 Å². The Hall–Kier alpha value is -1.29. The predicted molar refractivity (Wildman–Crippen MR) is 89.2 cm³/mol. The van der Waals surface area contributed by atoms with Crippen molar-refractivity contribution in [1.29, 1.82) is 0 Å². The topological polar surface area (TPSA) is 44.5 Å². The Balaban J connectivity index is 3.07. The summed E-state index contributed by atoms with van der Waals surface area (Å²) in [7, 11) is 0. The van der Waals surface area contributed by atoms with E-state index in [1.54, 1.807) is 6.07 Å². The summed E-state index contributed by atoms with van der Waals surface area (Å²) in [5.74, 6) is 1.31. The van der Waals surface area contributed by atoms with Crippen molar-refractivity contribution in [3.63, 3.8) is 0 Å². The van der Waals surface area contributed by atoms with Crippen molar-refractivity contribution in [2.75, 3.05) is 19.8 Å². The average molecular weight is 311 g/mol. The Bertz CT molecular complexity index is 451. The van der Waals surface area contributed by atoms with Crippen molar-refractivity contribution in [2.24, 2.45) is 11.7 Å². The molecular weight excluding hydrogens is 281 g/mol. The standard InChI is InChI=1S/C18H30FNO2/c1-5-9-21-17-11-15(14(4)13(3)7-8-20)16(19)12-18(17)22-10-6-2/h11-14H,5-10,20H2,1-4H3. The van der Waals surface area contributed by atoms with Crippen molar-refractivity contribution in [3.05, 3.63) is 23.5 Å². The summed E-state index contributed by atoms with van der Waals surface area (Å²) in [6.45, 7) is 9.97. The maximum absolute atomic E-state index is 14.5. The van der Waals surface area contributed by atoms with Gasteiger partial charge in [-0.3, -0.25) is 0 Å². The third-order valence-corrected chi connectivity index (χ3v) is 3.95. The SMILES string of the molecule is CCCOc1cc(F)c(C(C)C(C)CCN)cc1OCCC. The lowest BCUT2D eigenvalue weighted by Crippen LogP contribution is -2.14. The van der Waals surface area contributed by atoms with Crippen LogP contribution in [0.4, 0.5) is 4.39 Å². The summed E-state index contributed by atoms with van der Waals surface area (Å²) >= 11 is 0. The molecule has 1 aromatic carbocycles. The number of hydrogen-bond donors (Lipinski definition) is 1. The Morgan fingerprint density at radius 2 is 1.59 bits per heavy atom. The molecule has 0 aliphatic heterocycles. The molecule has 1 aromatic rings. The number of hydrogen-bond acceptors (Lipinski definition) is 3. The highest BCUT2D eigenvalue weighted by atomic mass is 19.1. The van der Waals surface area contributed by atoms with Gasteiger partial charge in [-0.05, 0) is 49.3 Å². The maximum atomic E-state index is 14.5. The van der Waals surface area contributed by atoms with Gasteiger partial charge in [0, 0.05) is 6.07 Å². The van der Waals surface area contributed by atoms with Crippen LogP contribution in [0.2, 0.25) is 0 Å². The molecule has 0 bridgehead atoms. The van der Waals surface area contributed by atoms with Gasteiger partial charge < -0.3 is 15.2 Å². The van der Waals surface area contributed by atoms with E-state index in [4.69, 9.17) is 15.2 Å². The minimum atomic E-state index is -0.230. The van der Waals surface area contributed by atoms with Gasteiger partial charge in [0.25, 0.3) is 0 Å². The Kier molecular flexibility index (Phi) is 8.25. The van der Waals surface area contributed by atoms with Crippen molar-refractivity contribution >= 4 is 0 Å². The summed E-state index contributed by atoms with van der Waals surface area (Å²) in [4.78, 5) is 0. The number of benzene rings is 1. The highest BCUT2D eigenvalue weighted by Gasteiger charge is 2.21. The first kappa shape index (κ1) is 18.8. The van der Waals surface area contributed by atoms with E-state index in [0.717, 1.165) is 19.3 Å². The highest BCUT2D eigenvalue weighted by Crippen LogP contribution is 2.36. The molecule has 0 radical (unpaired) electrons. The molecule has 2 atom stereocenters. The van der Waals surface area contributed by atoms with Crippen LogP contribution in [0.25, 0.3) is 0 Å². The molecule has 0 saturated heterocycles. The molecule has 0 aliphatic carbocycles. The van der Waals surface area contributed by atoms with Gasteiger partial charge in [0.15, 0.2) is 11.5 Å². The Labute approximate surface area is 134 Å². The fourth-order valence-electron chi connectivity index (χ4n) is 2.37. The summed E-state index contributed by atoms with van der Waals surface area (Å²) in [6, 6.07) is 3.26. The smallest absolute Gasteiger partial charge is 0.164 e. The molecule has 0 heterocycles. The molecule has 0 amide bonds. The van der Waals surface area contributed by atoms with Crippen molar-refractivity contribution < 1.29 is 13.9 Å². The fourth-order valence-corrected chi connectivity index (χ4v) is 2.37. The van der Waals surface area contributed by atoms with E-state index < -0.39 is 0 Å². The molecule has 1 rings (SSSR count). The largest absolute Gasteiger partial charge is 0.490 e. The summed E-state index contributed by atoms with van der Waals surface area (Å²) in [5, 5.41) is 0. The number of nitrogens with two attached hydrogens (primary N) is 1. The van der Waals surface area contributed by atoms with Gasteiger partial charge in [0.2, 0.25) is 0 Å². The zero-order valence-electron chi connectivity index (χ0n) is 14.3. The fraction of sp³-hybridized carbons (Fsp3) is 0.667. The molecule has 0 aliphatic rings. The van der Waals surface area contributed by atoms with Crippen LogP contribution in [0.3, 0.4) is 0 Å². The first-order chi connectivity index (χ1) is 10.5. The minimum absolute atomic E-state index is 0.0905. The van der Waals surface area contributed by atoms with Gasteiger partial charge in [-0.15, -0.1) is 0 Å². The van der Waals surface area contributed by atoms with Crippen LogP contribution in [0.1, 0.15) is 58.4 Å². The van der Waals surface area contributed by atoms with Gasteiger partial charge in [-0.1, -0.05) is 27.7 Å². The highest BCUT2D eigenvalue weighted by molar-refractivity contribution is 5.45. The van der Waals surface area contributed by atoms with Gasteiger partial charge >= 0.3 is 0 Å². The first-order valence-corrected chi connectivity index (χ1v) is 8.34. The van der Waals surface area contributed by atoms with Crippen molar-refractivity contribution in [2.45, 2.75) is 52.9 Å². The zero-order valence-corrected chi connectivity index (χ0v) is 14.3. The molecule has 2 unspecified atom stereocenters. The lowest BCUT2D eigenvalue weighted by atomic mass is 9.86. The van der Waals surface area contributed by atoms with E-state index in [2.05, 4.69) is 6.92 Å².